The third-order valence-electron chi connectivity index (χ3n) is 2.85. The van der Waals surface area contributed by atoms with Crippen molar-refractivity contribution in [1.29, 1.82) is 0 Å². The molecule has 96 valence electrons. The van der Waals surface area contributed by atoms with E-state index in [0.717, 1.165) is 40.2 Å². The molecule has 18 heavy (non-hydrogen) atoms. The fourth-order valence-corrected chi connectivity index (χ4v) is 2.34. The molecule has 0 atom stereocenters. The molecule has 0 aliphatic carbocycles. The highest BCUT2D eigenvalue weighted by Gasteiger charge is 2.10. The van der Waals surface area contributed by atoms with Crippen molar-refractivity contribution in [3.63, 3.8) is 0 Å². The number of rotatable bonds is 4. The van der Waals surface area contributed by atoms with Crippen molar-refractivity contribution < 1.29 is 0 Å². The molecule has 0 saturated carbocycles. The van der Waals surface area contributed by atoms with Crippen LogP contribution in [0.2, 0.25) is 0 Å². The lowest BCUT2D eigenvalue weighted by Crippen LogP contribution is -2.04. The van der Waals surface area contributed by atoms with E-state index in [4.69, 9.17) is 5.73 Å². The van der Waals surface area contributed by atoms with Gasteiger partial charge in [-0.3, -0.25) is 0 Å². The predicted molar refractivity (Wildman–Crippen MR) is 75.7 cm³/mol. The Balaban J connectivity index is 2.47. The van der Waals surface area contributed by atoms with Crippen LogP contribution in [0.15, 0.2) is 22.7 Å². The van der Waals surface area contributed by atoms with E-state index in [9.17, 15) is 0 Å². The molecule has 4 nitrogen and oxygen atoms in total. The molecule has 0 bridgehead atoms. The lowest BCUT2D eigenvalue weighted by atomic mass is 10.2. The summed E-state index contributed by atoms with van der Waals surface area (Å²) in [6.07, 6.45) is 1.71. The van der Waals surface area contributed by atoms with E-state index in [0.29, 0.717) is 6.54 Å². The van der Waals surface area contributed by atoms with Gasteiger partial charge in [0.2, 0.25) is 0 Å². The number of halogens is 1. The van der Waals surface area contributed by atoms with E-state index in [1.807, 2.05) is 22.9 Å². The minimum atomic E-state index is 0.527. The van der Waals surface area contributed by atoms with Gasteiger partial charge in [0, 0.05) is 23.9 Å². The van der Waals surface area contributed by atoms with Crippen molar-refractivity contribution in [2.45, 2.75) is 33.2 Å². The van der Waals surface area contributed by atoms with E-state index in [-0.39, 0.29) is 0 Å². The fourth-order valence-electron chi connectivity index (χ4n) is 1.81. The van der Waals surface area contributed by atoms with E-state index in [2.05, 4.69) is 39.9 Å². The summed E-state index contributed by atoms with van der Waals surface area (Å²) >= 11 is 3.53. The number of nitrogens with zero attached hydrogens (tertiary/aromatic N) is 3. The average Bonchev–Trinajstić information content (AvgIpc) is 2.82. The second kappa shape index (κ2) is 5.63. The van der Waals surface area contributed by atoms with E-state index >= 15 is 0 Å². The summed E-state index contributed by atoms with van der Waals surface area (Å²) in [5.41, 5.74) is 7.76. The smallest absolute Gasteiger partial charge is 0.151 e. The van der Waals surface area contributed by atoms with Gasteiger partial charge in [0.1, 0.15) is 5.82 Å². The third kappa shape index (κ3) is 2.47. The minimum Gasteiger partial charge on any atom is -0.326 e. The quantitative estimate of drug-likeness (QED) is 0.944. The van der Waals surface area contributed by atoms with Crippen LogP contribution < -0.4 is 5.73 Å². The number of nitrogens with two attached hydrogens (primary N) is 1. The van der Waals surface area contributed by atoms with Gasteiger partial charge in [-0.15, -0.1) is 0 Å². The largest absolute Gasteiger partial charge is 0.326 e. The Hall–Kier alpha value is -1.20. The Morgan fingerprint density at radius 3 is 2.61 bits per heavy atom. The first-order chi connectivity index (χ1) is 8.69. The highest BCUT2D eigenvalue weighted by molar-refractivity contribution is 9.10. The summed E-state index contributed by atoms with van der Waals surface area (Å²) < 4.78 is 2.92. The van der Waals surface area contributed by atoms with Gasteiger partial charge >= 0.3 is 0 Å². The molecule has 0 spiro atoms. The van der Waals surface area contributed by atoms with Crippen molar-refractivity contribution in [2.75, 3.05) is 0 Å². The Bertz CT molecular complexity index is 548. The maximum atomic E-state index is 5.66. The van der Waals surface area contributed by atoms with Crippen LogP contribution in [-0.4, -0.2) is 14.8 Å². The second-order valence-corrected chi connectivity index (χ2v) is 4.90. The molecule has 0 unspecified atom stereocenters. The summed E-state index contributed by atoms with van der Waals surface area (Å²) in [5.74, 6) is 1.87. The maximum Gasteiger partial charge on any atom is 0.151 e. The Labute approximate surface area is 115 Å². The molecule has 1 heterocycles. The first-order valence-corrected chi connectivity index (χ1v) is 6.92. The third-order valence-corrected chi connectivity index (χ3v) is 3.59. The average molecular weight is 309 g/mol. The molecule has 0 aliphatic rings. The van der Waals surface area contributed by atoms with Gasteiger partial charge in [-0.2, -0.15) is 5.10 Å². The minimum absolute atomic E-state index is 0.527. The van der Waals surface area contributed by atoms with Crippen LogP contribution in [0.3, 0.4) is 0 Å². The molecule has 0 radical (unpaired) electrons. The van der Waals surface area contributed by atoms with Crippen LogP contribution in [0.5, 0.6) is 0 Å². The molecule has 0 fully saturated rings. The predicted octanol–water partition coefficient (Wildman–Crippen LogP) is 2.61. The normalized spacial score (nSPS) is 10.9. The zero-order valence-electron chi connectivity index (χ0n) is 10.7. The molecular weight excluding hydrogens is 292 g/mol. The summed E-state index contributed by atoms with van der Waals surface area (Å²) in [6, 6.07) is 6.09. The van der Waals surface area contributed by atoms with E-state index in [1.54, 1.807) is 0 Å². The molecule has 1 aromatic heterocycles. The van der Waals surface area contributed by atoms with Gasteiger partial charge in [-0.1, -0.05) is 35.8 Å². The topological polar surface area (TPSA) is 56.7 Å². The van der Waals surface area contributed by atoms with E-state index < -0.39 is 0 Å². The molecule has 1 aromatic carbocycles. The first kappa shape index (κ1) is 13.2. The first-order valence-electron chi connectivity index (χ1n) is 6.13. The van der Waals surface area contributed by atoms with Crippen molar-refractivity contribution >= 4 is 15.9 Å². The standard InChI is InChI=1S/C13H17BrN4/c1-3-12-16-13(4-2)18(17-12)10-6-5-9(8-15)11(14)7-10/h5-7H,3-4,8,15H2,1-2H3. The van der Waals surface area contributed by atoms with Crippen molar-refractivity contribution in [3.8, 4) is 5.69 Å². The molecule has 0 saturated heterocycles. The SMILES string of the molecule is CCc1nc(CC)n(-c2ccc(CN)c(Br)c2)n1. The monoisotopic (exact) mass is 308 g/mol. The molecule has 0 aliphatic heterocycles. The van der Waals surface area contributed by atoms with Gasteiger partial charge in [-0.05, 0) is 17.7 Å². The van der Waals surface area contributed by atoms with Gasteiger partial charge in [0.15, 0.2) is 5.82 Å². The molecular formula is C13H17BrN4. The Morgan fingerprint density at radius 1 is 1.28 bits per heavy atom. The van der Waals surface area contributed by atoms with Crippen LogP contribution in [0.4, 0.5) is 0 Å². The van der Waals surface area contributed by atoms with E-state index in [1.165, 1.54) is 0 Å². The van der Waals surface area contributed by atoms with Crippen molar-refractivity contribution in [3.05, 3.63) is 39.9 Å². The zero-order chi connectivity index (χ0) is 13.1. The van der Waals surface area contributed by atoms with Crippen molar-refractivity contribution in [2.24, 2.45) is 5.73 Å². The zero-order valence-corrected chi connectivity index (χ0v) is 12.2. The molecule has 2 aromatic rings. The fraction of sp³-hybridized carbons (Fsp3) is 0.385. The highest BCUT2D eigenvalue weighted by atomic mass is 79.9. The number of benzene rings is 1. The molecule has 5 heteroatoms. The van der Waals surface area contributed by atoms with Crippen LogP contribution in [-0.2, 0) is 19.4 Å². The summed E-state index contributed by atoms with van der Waals surface area (Å²) in [5, 5.41) is 4.52. The van der Waals surface area contributed by atoms with Crippen LogP contribution >= 0.6 is 15.9 Å². The number of hydrogen-bond donors (Lipinski definition) is 1. The Morgan fingerprint density at radius 2 is 2.06 bits per heavy atom. The van der Waals surface area contributed by atoms with Gasteiger partial charge in [0.05, 0.1) is 5.69 Å². The highest BCUT2D eigenvalue weighted by Crippen LogP contribution is 2.21. The van der Waals surface area contributed by atoms with Gasteiger partial charge in [0.25, 0.3) is 0 Å². The molecule has 2 N–H and O–H groups in total. The number of hydrogen-bond acceptors (Lipinski definition) is 3. The van der Waals surface area contributed by atoms with Gasteiger partial charge < -0.3 is 5.73 Å². The Kier molecular flexibility index (Phi) is 4.14. The second-order valence-electron chi connectivity index (χ2n) is 4.04. The number of aryl methyl sites for hydroxylation is 2. The summed E-state index contributed by atoms with van der Waals surface area (Å²) in [6.45, 7) is 4.68. The van der Waals surface area contributed by atoms with Crippen LogP contribution in [0.25, 0.3) is 5.69 Å². The van der Waals surface area contributed by atoms with Crippen molar-refractivity contribution in [1.82, 2.24) is 14.8 Å². The van der Waals surface area contributed by atoms with Gasteiger partial charge in [-0.25, -0.2) is 9.67 Å². The molecule has 2 rings (SSSR count). The summed E-state index contributed by atoms with van der Waals surface area (Å²) in [4.78, 5) is 4.51. The lowest BCUT2D eigenvalue weighted by Gasteiger charge is -2.07. The summed E-state index contributed by atoms with van der Waals surface area (Å²) in [7, 11) is 0. The van der Waals surface area contributed by atoms with Crippen LogP contribution in [0.1, 0.15) is 31.1 Å². The van der Waals surface area contributed by atoms with Crippen LogP contribution in [0, 0.1) is 0 Å². The lowest BCUT2D eigenvalue weighted by molar-refractivity contribution is 0.789. The number of aromatic nitrogens is 3. The molecule has 0 amide bonds. The maximum absolute atomic E-state index is 5.66.